The van der Waals surface area contributed by atoms with Gasteiger partial charge in [-0.2, -0.15) is 0 Å². The molecule has 0 unspecified atom stereocenters. The highest BCUT2D eigenvalue weighted by Gasteiger charge is 2.18. The van der Waals surface area contributed by atoms with Gasteiger partial charge in [0.05, 0.1) is 10.6 Å². The summed E-state index contributed by atoms with van der Waals surface area (Å²) in [4.78, 5) is 12.8. The van der Waals surface area contributed by atoms with Crippen molar-refractivity contribution in [2.45, 2.75) is 62.8 Å². The van der Waals surface area contributed by atoms with Crippen LogP contribution in [0, 0.1) is 6.92 Å². The third kappa shape index (κ3) is 5.35. The minimum Gasteiger partial charge on any atom is -0.349 e. The number of carbonyl (C=O) groups is 1. The topological polar surface area (TPSA) is 75.3 Å². The summed E-state index contributed by atoms with van der Waals surface area (Å²) in [5.41, 5.74) is 1.75. The lowest BCUT2D eigenvalue weighted by Gasteiger charge is -2.21. The molecule has 0 atom stereocenters. The Balaban J connectivity index is 1.68. The normalized spacial score (nSPS) is 16.0. The van der Waals surface area contributed by atoms with E-state index in [0.717, 1.165) is 25.7 Å². The first-order chi connectivity index (χ1) is 13.5. The van der Waals surface area contributed by atoms with E-state index in [2.05, 4.69) is 10.0 Å². The Bertz CT molecular complexity index is 903. The van der Waals surface area contributed by atoms with E-state index in [9.17, 15) is 13.2 Å². The second kappa shape index (κ2) is 9.24. The van der Waals surface area contributed by atoms with E-state index < -0.39 is 10.0 Å². The number of rotatable bonds is 5. The smallest absolute Gasteiger partial charge is 0.261 e. The summed E-state index contributed by atoms with van der Waals surface area (Å²) in [6.07, 6.45) is 8.14. The molecule has 1 amide bonds. The summed E-state index contributed by atoms with van der Waals surface area (Å²) in [5.74, 6) is -0.0915. The molecule has 1 saturated carbocycles. The number of anilines is 1. The lowest BCUT2D eigenvalue weighted by molar-refractivity contribution is 0.0930. The Hall–Kier alpha value is -2.34. The number of hydrogen-bond acceptors (Lipinski definition) is 3. The molecule has 0 spiro atoms. The van der Waals surface area contributed by atoms with Crippen LogP contribution < -0.4 is 10.0 Å². The maximum Gasteiger partial charge on any atom is 0.261 e. The highest BCUT2D eigenvalue weighted by atomic mass is 32.2. The standard InChI is InChI=1S/C22H28N2O3S/c1-17-16-18(22(25)23-19-10-6-3-2-4-7-11-19)14-15-21(17)24-28(26,27)20-12-8-5-9-13-20/h5,8-9,12-16,19,24H,2-4,6-7,10-11H2,1H3,(H,23,25). The van der Waals surface area contributed by atoms with Crippen molar-refractivity contribution in [2.75, 3.05) is 4.72 Å². The molecule has 0 bridgehead atoms. The van der Waals surface area contributed by atoms with E-state index in [1.807, 2.05) is 0 Å². The van der Waals surface area contributed by atoms with Crippen molar-refractivity contribution in [1.29, 1.82) is 0 Å². The minimum atomic E-state index is -3.65. The van der Waals surface area contributed by atoms with Crippen LogP contribution in [0.4, 0.5) is 5.69 Å². The lowest BCUT2D eigenvalue weighted by atomic mass is 9.96. The van der Waals surface area contributed by atoms with Gasteiger partial charge in [0.2, 0.25) is 0 Å². The molecule has 3 rings (SSSR count). The summed E-state index contributed by atoms with van der Waals surface area (Å²) in [6, 6.07) is 13.5. The molecule has 150 valence electrons. The fourth-order valence-corrected chi connectivity index (χ4v) is 4.74. The van der Waals surface area contributed by atoms with Gasteiger partial charge in [-0.05, 0) is 55.7 Å². The molecular formula is C22H28N2O3S. The third-order valence-corrected chi connectivity index (χ3v) is 6.61. The van der Waals surface area contributed by atoms with Gasteiger partial charge in [0.15, 0.2) is 0 Å². The van der Waals surface area contributed by atoms with Gasteiger partial charge in [-0.1, -0.05) is 50.3 Å². The monoisotopic (exact) mass is 400 g/mol. The zero-order chi connectivity index (χ0) is 20.0. The van der Waals surface area contributed by atoms with Crippen LogP contribution >= 0.6 is 0 Å². The summed E-state index contributed by atoms with van der Waals surface area (Å²) >= 11 is 0. The predicted molar refractivity (Wildman–Crippen MR) is 112 cm³/mol. The predicted octanol–water partition coefficient (Wildman–Crippen LogP) is 4.64. The lowest BCUT2D eigenvalue weighted by Crippen LogP contribution is -2.35. The Morgan fingerprint density at radius 3 is 2.21 bits per heavy atom. The van der Waals surface area contributed by atoms with E-state index in [1.54, 1.807) is 55.5 Å². The van der Waals surface area contributed by atoms with Crippen LogP contribution in [-0.2, 0) is 10.0 Å². The number of benzene rings is 2. The molecule has 2 aromatic rings. The molecule has 2 aromatic carbocycles. The molecule has 1 aliphatic rings. The van der Waals surface area contributed by atoms with E-state index >= 15 is 0 Å². The first kappa shape index (κ1) is 20.4. The van der Waals surface area contributed by atoms with Crippen LogP contribution in [0.25, 0.3) is 0 Å². The summed E-state index contributed by atoms with van der Waals surface area (Å²) in [5, 5.41) is 3.15. The van der Waals surface area contributed by atoms with Crippen LogP contribution in [0.1, 0.15) is 60.9 Å². The summed E-state index contributed by atoms with van der Waals surface area (Å²) in [6.45, 7) is 1.80. The van der Waals surface area contributed by atoms with E-state index in [1.165, 1.54) is 19.3 Å². The number of aryl methyl sites for hydroxylation is 1. The molecular weight excluding hydrogens is 372 g/mol. The van der Waals surface area contributed by atoms with Gasteiger partial charge in [0.1, 0.15) is 0 Å². The Labute approximate surface area is 167 Å². The molecule has 0 radical (unpaired) electrons. The molecule has 6 heteroatoms. The van der Waals surface area contributed by atoms with Gasteiger partial charge < -0.3 is 5.32 Å². The van der Waals surface area contributed by atoms with E-state index in [0.29, 0.717) is 16.8 Å². The van der Waals surface area contributed by atoms with Crippen LogP contribution in [0.2, 0.25) is 0 Å². The fourth-order valence-electron chi connectivity index (χ4n) is 3.59. The minimum absolute atomic E-state index is 0.0915. The first-order valence-corrected chi connectivity index (χ1v) is 11.4. The maximum absolute atomic E-state index is 12.6. The third-order valence-electron chi connectivity index (χ3n) is 5.23. The Morgan fingerprint density at radius 2 is 1.57 bits per heavy atom. The first-order valence-electron chi connectivity index (χ1n) is 9.95. The zero-order valence-electron chi connectivity index (χ0n) is 16.3. The van der Waals surface area contributed by atoms with Crippen molar-refractivity contribution in [1.82, 2.24) is 5.32 Å². The molecule has 5 nitrogen and oxygen atoms in total. The van der Waals surface area contributed by atoms with Crippen LogP contribution in [-0.4, -0.2) is 20.4 Å². The van der Waals surface area contributed by atoms with Crippen molar-refractivity contribution >= 4 is 21.6 Å². The highest BCUT2D eigenvalue weighted by molar-refractivity contribution is 7.92. The molecule has 1 fully saturated rings. The largest absolute Gasteiger partial charge is 0.349 e. The zero-order valence-corrected chi connectivity index (χ0v) is 17.1. The van der Waals surface area contributed by atoms with Crippen LogP contribution in [0.15, 0.2) is 53.4 Å². The van der Waals surface area contributed by atoms with Crippen molar-refractivity contribution in [3.63, 3.8) is 0 Å². The molecule has 28 heavy (non-hydrogen) atoms. The molecule has 1 aliphatic carbocycles. The van der Waals surface area contributed by atoms with Crippen LogP contribution in [0.5, 0.6) is 0 Å². The highest BCUT2D eigenvalue weighted by Crippen LogP contribution is 2.22. The van der Waals surface area contributed by atoms with Gasteiger partial charge in [0, 0.05) is 11.6 Å². The molecule has 0 aromatic heterocycles. The van der Waals surface area contributed by atoms with Gasteiger partial charge in [-0.15, -0.1) is 0 Å². The molecule has 2 N–H and O–H groups in total. The SMILES string of the molecule is Cc1cc(C(=O)NC2CCCCCCC2)ccc1NS(=O)(=O)c1ccccc1. The Kier molecular flexibility index (Phi) is 6.73. The maximum atomic E-state index is 12.6. The summed E-state index contributed by atoms with van der Waals surface area (Å²) < 4.78 is 27.6. The van der Waals surface area contributed by atoms with Crippen molar-refractivity contribution in [3.8, 4) is 0 Å². The molecule has 0 saturated heterocycles. The van der Waals surface area contributed by atoms with Crippen LogP contribution in [0.3, 0.4) is 0 Å². The average Bonchev–Trinajstić information content (AvgIpc) is 2.66. The van der Waals surface area contributed by atoms with Crippen molar-refractivity contribution in [2.24, 2.45) is 0 Å². The van der Waals surface area contributed by atoms with Gasteiger partial charge in [-0.25, -0.2) is 8.42 Å². The van der Waals surface area contributed by atoms with Crippen molar-refractivity contribution < 1.29 is 13.2 Å². The Morgan fingerprint density at radius 1 is 0.929 bits per heavy atom. The van der Waals surface area contributed by atoms with Gasteiger partial charge in [-0.3, -0.25) is 9.52 Å². The number of carbonyl (C=O) groups excluding carboxylic acids is 1. The quantitative estimate of drug-likeness (QED) is 0.768. The molecule has 0 heterocycles. The van der Waals surface area contributed by atoms with Crippen molar-refractivity contribution in [3.05, 3.63) is 59.7 Å². The van der Waals surface area contributed by atoms with Gasteiger partial charge >= 0.3 is 0 Å². The van der Waals surface area contributed by atoms with E-state index in [-0.39, 0.29) is 16.8 Å². The number of sulfonamides is 1. The van der Waals surface area contributed by atoms with E-state index in [4.69, 9.17) is 0 Å². The fraction of sp³-hybridized carbons (Fsp3) is 0.409. The summed E-state index contributed by atoms with van der Waals surface area (Å²) in [7, 11) is -3.65. The molecule has 0 aliphatic heterocycles. The number of nitrogens with one attached hydrogen (secondary N) is 2. The van der Waals surface area contributed by atoms with Gasteiger partial charge in [0.25, 0.3) is 15.9 Å². The number of hydrogen-bond donors (Lipinski definition) is 2. The average molecular weight is 401 g/mol. The second-order valence-corrected chi connectivity index (χ2v) is 9.15. The number of amides is 1. The second-order valence-electron chi connectivity index (χ2n) is 7.46.